The van der Waals surface area contributed by atoms with Crippen LogP contribution in [0, 0.1) is 17.1 Å². The Morgan fingerprint density at radius 2 is 1.93 bits per heavy atom. The van der Waals surface area contributed by atoms with Gasteiger partial charge in [-0.2, -0.15) is 9.78 Å². The van der Waals surface area contributed by atoms with Crippen LogP contribution in [-0.2, 0) is 11.2 Å². The van der Waals surface area contributed by atoms with E-state index in [1.807, 2.05) is 30.4 Å². The number of amides is 1. The number of anilines is 3. The minimum absolute atomic E-state index is 0.0275. The number of hydrogen-bond acceptors (Lipinski definition) is 10. The number of benzene rings is 1. The van der Waals surface area contributed by atoms with Crippen molar-refractivity contribution < 1.29 is 13.6 Å². The quantitative estimate of drug-likeness (QED) is 0.291. The number of likely N-dealkylation sites (N-methyl/N-ethyl adjacent to an activating group) is 1. The zero-order valence-electron chi connectivity index (χ0n) is 23.6. The van der Waals surface area contributed by atoms with E-state index < -0.39 is 6.17 Å². The molecule has 0 saturated carbocycles. The van der Waals surface area contributed by atoms with Gasteiger partial charge in [-0.25, -0.2) is 18.7 Å². The molecule has 1 unspecified atom stereocenters. The molecule has 2 aliphatic rings. The normalized spacial score (nSPS) is 17.6. The standard InChI is InChI=1S/C28H31F2N9OS2/c1-4-21-25(36(3)26-33-24(22(12-31)41-26)17-7-9-18(29)10-8-17)39-27(32-21)42-28(34-39)37-11-5-6-20(15-37)35(2)16-23(40)38-13-19(30)14-38/h7-10,19-20H,4-6,11,13-16H2,1-3H3. The second kappa shape index (κ2) is 11.5. The molecule has 42 heavy (non-hydrogen) atoms. The van der Waals surface area contributed by atoms with Gasteiger partial charge in [0.1, 0.15) is 28.6 Å². The molecule has 220 valence electrons. The first kappa shape index (κ1) is 28.4. The lowest BCUT2D eigenvalue weighted by atomic mass is 10.0. The molecule has 3 aromatic heterocycles. The Kier molecular flexibility index (Phi) is 7.82. The van der Waals surface area contributed by atoms with Crippen molar-refractivity contribution in [2.75, 3.05) is 56.6 Å². The Hall–Kier alpha value is -3.67. The van der Waals surface area contributed by atoms with Crippen LogP contribution in [-0.4, -0.2) is 94.3 Å². The van der Waals surface area contributed by atoms with Crippen LogP contribution in [0.25, 0.3) is 16.2 Å². The first-order valence-corrected chi connectivity index (χ1v) is 15.5. The number of piperidine rings is 1. The van der Waals surface area contributed by atoms with Crippen molar-refractivity contribution in [1.29, 1.82) is 5.26 Å². The monoisotopic (exact) mass is 611 g/mol. The summed E-state index contributed by atoms with van der Waals surface area (Å²) in [5, 5.41) is 16.2. The maximum Gasteiger partial charge on any atom is 0.236 e. The van der Waals surface area contributed by atoms with E-state index in [-0.39, 0.29) is 37.4 Å². The fraction of sp³-hybridized carbons (Fsp3) is 0.464. The summed E-state index contributed by atoms with van der Waals surface area (Å²) in [6.45, 7) is 4.31. The lowest BCUT2D eigenvalue weighted by molar-refractivity contribution is -0.139. The number of thiazole rings is 1. The molecular weight excluding hydrogens is 581 g/mol. The fourth-order valence-corrected chi connectivity index (χ4v) is 7.25. The van der Waals surface area contributed by atoms with Crippen LogP contribution in [0.2, 0.25) is 0 Å². The van der Waals surface area contributed by atoms with Gasteiger partial charge >= 0.3 is 0 Å². The topological polar surface area (TPSA) is 96.9 Å². The van der Waals surface area contributed by atoms with E-state index in [4.69, 9.17) is 15.1 Å². The molecule has 0 bridgehead atoms. The third kappa shape index (κ3) is 5.32. The number of rotatable bonds is 8. The minimum atomic E-state index is -0.897. The van der Waals surface area contributed by atoms with Crippen LogP contribution >= 0.6 is 22.7 Å². The molecule has 2 fully saturated rings. The summed E-state index contributed by atoms with van der Waals surface area (Å²) >= 11 is 2.79. The smallest absolute Gasteiger partial charge is 0.236 e. The highest BCUT2D eigenvalue weighted by Crippen LogP contribution is 2.38. The van der Waals surface area contributed by atoms with Crippen LogP contribution in [0.5, 0.6) is 0 Å². The number of alkyl halides is 1. The van der Waals surface area contributed by atoms with Gasteiger partial charge in [-0.3, -0.25) is 9.69 Å². The zero-order valence-corrected chi connectivity index (χ0v) is 25.3. The number of aromatic nitrogens is 4. The van der Waals surface area contributed by atoms with Crippen LogP contribution in [0.4, 0.5) is 24.9 Å². The highest BCUT2D eigenvalue weighted by Gasteiger charge is 2.33. The van der Waals surface area contributed by atoms with Crippen molar-refractivity contribution in [2.24, 2.45) is 0 Å². The number of carbonyl (C=O) groups is 1. The fourth-order valence-electron chi connectivity index (χ4n) is 5.45. The van der Waals surface area contributed by atoms with Crippen molar-refractivity contribution in [2.45, 2.75) is 38.4 Å². The van der Waals surface area contributed by atoms with E-state index >= 15 is 0 Å². The molecule has 1 atom stereocenters. The van der Waals surface area contributed by atoms with Gasteiger partial charge in [-0.05, 0) is 50.6 Å². The van der Waals surface area contributed by atoms with E-state index in [2.05, 4.69) is 15.9 Å². The van der Waals surface area contributed by atoms with Gasteiger partial charge in [0.05, 0.1) is 25.3 Å². The molecule has 0 spiro atoms. The summed E-state index contributed by atoms with van der Waals surface area (Å²) in [7, 11) is 3.85. The molecule has 2 aliphatic heterocycles. The van der Waals surface area contributed by atoms with E-state index in [1.165, 1.54) is 34.8 Å². The summed E-state index contributed by atoms with van der Waals surface area (Å²) in [6, 6.07) is 8.38. The maximum atomic E-state index is 13.5. The first-order valence-electron chi connectivity index (χ1n) is 13.9. The first-order chi connectivity index (χ1) is 20.2. The Labute approximate surface area is 250 Å². The second-order valence-electron chi connectivity index (χ2n) is 10.7. The Balaban J connectivity index is 1.23. The van der Waals surface area contributed by atoms with Gasteiger partial charge in [0.15, 0.2) is 10.9 Å². The largest absolute Gasteiger partial charge is 0.345 e. The molecule has 0 N–H and O–H groups in total. The van der Waals surface area contributed by atoms with Crippen molar-refractivity contribution in [3.8, 4) is 17.3 Å². The van der Waals surface area contributed by atoms with Crippen molar-refractivity contribution in [3.63, 3.8) is 0 Å². The Morgan fingerprint density at radius 3 is 2.62 bits per heavy atom. The summed E-state index contributed by atoms with van der Waals surface area (Å²) in [5.74, 6) is 0.415. The van der Waals surface area contributed by atoms with Crippen molar-refractivity contribution >= 4 is 49.6 Å². The molecule has 14 heteroatoms. The van der Waals surface area contributed by atoms with Gasteiger partial charge in [-0.1, -0.05) is 29.6 Å². The molecule has 6 rings (SSSR count). The zero-order chi connectivity index (χ0) is 29.5. The predicted molar refractivity (Wildman–Crippen MR) is 160 cm³/mol. The van der Waals surface area contributed by atoms with Crippen LogP contribution < -0.4 is 9.80 Å². The molecule has 10 nitrogen and oxygen atoms in total. The molecule has 0 radical (unpaired) electrons. The third-order valence-electron chi connectivity index (χ3n) is 7.88. The van der Waals surface area contributed by atoms with E-state index in [0.29, 0.717) is 27.7 Å². The van der Waals surface area contributed by atoms with E-state index in [0.717, 1.165) is 47.5 Å². The molecule has 1 amide bonds. The third-order valence-corrected chi connectivity index (χ3v) is 9.88. The number of hydrogen-bond donors (Lipinski definition) is 0. The van der Waals surface area contributed by atoms with Gasteiger partial charge in [0.25, 0.3) is 0 Å². The SMILES string of the molecule is CCc1nc2sc(N3CCCC(N(C)CC(=O)N4CC(F)C4)C3)nn2c1N(C)c1nc(-c2ccc(F)cc2)c(C#N)s1. The summed E-state index contributed by atoms with van der Waals surface area (Å²) < 4.78 is 28.5. The number of nitrogens with zero attached hydrogens (tertiary/aromatic N) is 9. The summed E-state index contributed by atoms with van der Waals surface area (Å²) in [4.78, 5) is 31.2. The van der Waals surface area contributed by atoms with Crippen LogP contribution in [0.15, 0.2) is 24.3 Å². The number of nitriles is 1. The minimum Gasteiger partial charge on any atom is -0.345 e. The molecule has 0 aliphatic carbocycles. The average molecular weight is 612 g/mol. The van der Waals surface area contributed by atoms with E-state index in [9.17, 15) is 18.8 Å². The number of fused-ring (bicyclic) bond motifs is 1. The number of carbonyl (C=O) groups excluding carboxylic acids is 1. The molecule has 1 aromatic carbocycles. The highest BCUT2D eigenvalue weighted by molar-refractivity contribution is 7.20. The predicted octanol–water partition coefficient (Wildman–Crippen LogP) is 4.34. The lowest BCUT2D eigenvalue weighted by Gasteiger charge is -2.39. The lowest BCUT2D eigenvalue weighted by Crippen LogP contribution is -2.56. The van der Waals surface area contributed by atoms with Gasteiger partial charge < -0.3 is 14.7 Å². The van der Waals surface area contributed by atoms with Crippen LogP contribution in [0.1, 0.15) is 30.3 Å². The average Bonchev–Trinajstić information content (AvgIpc) is 3.68. The maximum absolute atomic E-state index is 13.5. The van der Waals surface area contributed by atoms with Crippen LogP contribution in [0.3, 0.4) is 0 Å². The Bertz CT molecular complexity index is 1640. The number of aryl methyl sites for hydroxylation is 1. The Morgan fingerprint density at radius 1 is 1.17 bits per heavy atom. The molecule has 4 aromatic rings. The van der Waals surface area contributed by atoms with Crippen molar-refractivity contribution in [1.82, 2.24) is 29.4 Å². The summed E-state index contributed by atoms with van der Waals surface area (Å²) in [6.07, 6.45) is 1.74. The number of halogens is 2. The summed E-state index contributed by atoms with van der Waals surface area (Å²) in [5.41, 5.74) is 2.07. The van der Waals surface area contributed by atoms with Gasteiger partial charge in [0.2, 0.25) is 16.0 Å². The highest BCUT2D eigenvalue weighted by atomic mass is 32.1. The molecule has 2 saturated heterocycles. The molecular formula is C28H31F2N9OS2. The van der Waals surface area contributed by atoms with E-state index in [1.54, 1.807) is 17.0 Å². The van der Waals surface area contributed by atoms with Gasteiger partial charge in [-0.15, -0.1) is 5.10 Å². The number of imidazole rings is 1. The second-order valence-corrected chi connectivity index (χ2v) is 12.6. The van der Waals surface area contributed by atoms with Gasteiger partial charge in [0, 0.05) is 31.7 Å². The van der Waals surface area contributed by atoms with Crippen molar-refractivity contribution in [3.05, 3.63) is 40.7 Å². The number of likely N-dealkylation sites (tertiary alicyclic amines) is 1. The molecule has 5 heterocycles.